The van der Waals surface area contributed by atoms with Crippen LogP contribution >= 0.6 is 24.2 Å². The first-order valence-corrected chi connectivity index (χ1v) is 6.92. The van der Waals surface area contributed by atoms with Gasteiger partial charge in [-0.2, -0.15) is 11.8 Å². The minimum Gasteiger partial charge on any atom is -0.366 e. The summed E-state index contributed by atoms with van der Waals surface area (Å²) in [7, 11) is 0. The summed E-state index contributed by atoms with van der Waals surface area (Å²) >= 11 is 1.96. The van der Waals surface area contributed by atoms with E-state index in [4.69, 9.17) is 4.74 Å². The van der Waals surface area contributed by atoms with Crippen molar-refractivity contribution < 1.29 is 9.53 Å². The molecule has 1 amide bonds. The third-order valence-electron chi connectivity index (χ3n) is 3.16. The number of halogens is 1. The molecule has 0 aromatic heterocycles. The van der Waals surface area contributed by atoms with Crippen molar-refractivity contribution in [2.45, 2.75) is 30.6 Å². The van der Waals surface area contributed by atoms with E-state index in [1.165, 1.54) is 18.6 Å². The normalized spacial score (nSPS) is 32.9. The van der Waals surface area contributed by atoms with Crippen molar-refractivity contribution in [3.05, 3.63) is 0 Å². The van der Waals surface area contributed by atoms with Crippen LogP contribution in [0.1, 0.15) is 19.8 Å². The molecular formula is C11H21ClN2O2S. The Morgan fingerprint density at radius 2 is 2.47 bits per heavy atom. The Balaban J connectivity index is 0.00000144. The first-order chi connectivity index (χ1) is 7.70. The summed E-state index contributed by atoms with van der Waals surface area (Å²) in [4.78, 5) is 11.8. The average molecular weight is 281 g/mol. The fraction of sp³-hybridized carbons (Fsp3) is 0.909. The maximum Gasteiger partial charge on any atom is 0.250 e. The molecule has 2 fully saturated rings. The molecule has 6 heteroatoms. The SMILES string of the molecule is CC1(CNC(=O)C2CNCCO2)CCCS1.Cl. The lowest BCUT2D eigenvalue weighted by atomic mass is 10.1. The van der Waals surface area contributed by atoms with Gasteiger partial charge in [-0.05, 0) is 25.5 Å². The Hall–Kier alpha value is 0.0300. The van der Waals surface area contributed by atoms with Crippen molar-refractivity contribution in [3.63, 3.8) is 0 Å². The largest absolute Gasteiger partial charge is 0.366 e. The van der Waals surface area contributed by atoms with Gasteiger partial charge in [0.15, 0.2) is 0 Å². The minimum absolute atomic E-state index is 0. The number of morpholine rings is 1. The molecule has 2 saturated heterocycles. The van der Waals surface area contributed by atoms with Gasteiger partial charge in [-0.1, -0.05) is 0 Å². The first-order valence-electron chi connectivity index (χ1n) is 5.94. The molecule has 100 valence electrons. The zero-order valence-corrected chi connectivity index (χ0v) is 11.8. The van der Waals surface area contributed by atoms with E-state index in [1.807, 2.05) is 11.8 Å². The third kappa shape index (κ3) is 4.32. The van der Waals surface area contributed by atoms with Crippen molar-refractivity contribution in [3.8, 4) is 0 Å². The highest BCUT2D eigenvalue weighted by Gasteiger charge is 2.31. The van der Waals surface area contributed by atoms with Crippen LogP contribution in [0.15, 0.2) is 0 Å². The van der Waals surface area contributed by atoms with Crippen LogP contribution in [-0.2, 0) is 9.53 Å². The molecule has 0 aliphatic carbocycles. The van der Waals surface area contributed by atoms with E-state index in [9.17, 15) is 4.79 Å². The lowest BCUT2D eigenvalue weighted by Crippen LogP contribution is -2.50. The molecule has 4 nitrogen and oxygen atoms in total. The van der Waals surface area contributed by atoms with Crippen LogP contribution in [0.4, 0.5) is 0 Å². The van der Waals surface area contributed by atoms with Gasteiger partial charge in [0, 0.05) is 24.4 Å². The molecule has 2 N–H and O–H groups in total. The summed E-state index contributed by atoms with van der Waals surface area (Å²) < 4.78 is 5.64. The lowest BCUT2D eigenvalue weighted by Gasteiger charge is -2.26. The van der Waals surface area contributed by atoms with Gasteiger partial charge < -0.3 is 15.4 Å². The Labute approximate surface area is 113 Å². The van der Waals surface area contributed by atoms with Crippen LogP contribution in [-0.4, -0.2) is 48.8 Å². The van der Waals surface area contributed by atoms with Crippen LogP contribution < -0.4 is 10.6 Å². The molecular weight excluding hydrogens is 260 g/mol. The molecule has 2 heterocycles. The maximum absolute atomic E-state index is 11.8. The summed E-state index contributed by atoms with van der Waals surface area (Å²) in [5.41, 5.74) is 0. The fourth-order valence-corrected chi connectivity index (χ4v) is 3.34. The molecule has 0 saturated carbocycles. The third-order valence-corrected chi connectivity index (χ3v) is 4.70. The number of nitrogens with one attached hydrogen (secondary N) is 2. The number of ether oxygens (including phenoxy) is 1. The van der Waals surface area contributed by atoms with E-state index in [0.717, 1.165) is 13.1 Å². The average Bonchev–Trinajstić information content (AvgIpc) is 2.75. The highest BCUT2D eigenvalue weighted by molar-refractivity contribution is 8.00. The molecule has 0 bridgehead atoms. The van der Waals surface area contributed by atoms with Crippen LogP contribution in [0, 0.1) is 0 Å². The molecule has 2 aliphatic heterocycles. The second-order valence-electron chi connectivity index (χ2n) is 4.68. The summed E-state index contributed by atoms with van der Waals surface area (Å²) in [5.74, 6) is 1.24. The van der Waals surface area contributed by atoms with Crippen molar-refractivity contribution in [1.82, 2.24) is 10.6 Å². The van der Waals surface area contributed by atoms with Gasteiger partial charge in [0.25, 0.3) is 5.91 Å². The summed E-state index contributed by atoms with van der Waals surface area (Å²) in [6.07, 6.45) is 2.16. The van der Waals surface area contributed by atoms with Gasteiger partial charge in [0.2, 0.25) is 0 Å². The number of rotatable bonds is 3. The second-order valence-corrected chi connectivity index (χ2v) is 6.37. The summed E-state index contributed by atoms with van der Waals surface area (Å²) in [6.45, 7) is 5.10. The molecule has 2 atom stereocenters. The van der Waals surface area contributed by atoms with Gasteiger partial charge in [0.05, 0.1) is 6.61 Å². The van der Waals surface area contributed by atoms with Crippen LogP contribution in [0.3, 0.4) is 0 Å². The second kappa shape index (κ2) is 6.83. The number of carbonyl (C=O) groups excluding carboxylic acids is 1. The smallest absolute Gasteiger partial charge is 0.250 e. The lowest BCUT2D eigenvalue weighted by molar-refractivity contribution is -0.134. The molecule has 0 radical (unpaired) electrons. The molecule has 2 aliphatic rings. The monoisotopic (exact) mass is 280 g/mol. The van der Waals surface area contributed by atoms with E-state index < -0.39 is 0 Å². The molecule has 0 aromatic rings. The zero-order chi connectivity index (χ0) is 11.4. The van der Waals surface area contributed by atoms with Gasteiger partial charge in [0.1, 0.15) is 6.10 Å². The van der Waals surface area contributed by atoms with Gasteiger partial charge in [-0.25, -0.2) is 0 Å². The van der Waals surface area contributed by atoms with Crippen LogP contribution in [0.5, 0.6) is 0 Å². The Morgan fingerprint density at radius 1 is 1.65 bits per heavy atom. The highest BCUT2D eigenvalue weighted by Crippen LogP contribution is 2.36. The minimum atomic E-state index is -0.302. The maximum atomic E-state index is 11.8. The van der Waals surface area contributed by atoms with Crippen LogP contribution in [0.25, 0.3) is 0 Å². The van der Waals surface area contributed by atoms with E-state index in [-0.39, 0.29) is 29.2 Å². The predicted octanol–water partition coefficient (Wildman–Crippen LogP) is 0.798. The van der Waals surface area contributed by atoms with Crippen molar-refractivity contribution >= 4 is 30.1 Å². The molecule has 0 aromatic carbocycles. The van der Waals surface area contributed by atoms with E-state index in [1.54, 1.807) is 0 Å². The quantitative estimate of drug-likeness (QED) is 0.803. The van der Waals surface area contributed by atoms with Crippen molar-refractivity contribution in [1.29, 1.82) is 0 Å². The van der Waals surface area contributed by atoms with E-state index in [2.05, 4.69) is 17.6 Å². The Kier molecular flexibility index (Phi) is 6.06. The van der Waals surface area contributed by atoms with Gasteiger partial charge >= 0.3 is 0 Å². The standard InChI is InChI=1S/C11H20N2O2S.ClH/c1-11(3-2-6-16-11)8-13-10(14)9-7-12-4-5-15-9;/h9,12H,2-8H2,1H3,(H,13,14);1H. The molecule has 2 rings (SSSR count). The predicted molar refractivity (Wildman–Crippen MR) is 73.0 cm³/mol. The first kappa shape index (κ1) is 15.1. The zero-order valence-electron chi connectivity index (χ0n) is 10.2. The van der Waals surface area contributed by atoms with Crippen molar-refractivity contribution in [2.24, 2.45) is 0 Å². The number of hydrogen-bond acceptors (Lipinski definition) is 4. The number of amides is 1. The molecule has 0 spiro atoms. The summed E-state index contributed by atoms with van der Waals surface area (Å²) in [6, 6.07) is 0. The number of carbonyl (C=O) groups is 1. The van der Waals surface area contributed by atoms with Gasteiger partial charge in [-0.15, -0.1) is 12.4 Å². The molecule has 17 heavy (non-hydrogen) atoms. The summed E-state index contributed by atoms with van der Waals surface area (Å²) in [5, 5.41) is 6.17. The Morgan fingerprint density at radius 3 is 3.06 bits per heavy atom. The fourth-order valence-electron chi connectivity index (χ4n) is 2.10. The Bertz CT molecular complexity index is 254. The molecule has 2 unspecified atom stereocenters. The van der Waals surface area contributed by atoms with E-state index in [0.29, 0.717) is 13.2 Å². The van der Waals surface area contributed by atoms with Gasteiger partial charge in [-0.3, -0.25) is 4.79 Å². The van der Waals surface area contributed by atoms with Crippen LogP contribution in [0.2, 0.25) is 0 Å². The number of thioether (sulfide) groups is 1. The number of hydrogen-bond donors (Lipinski definition) is 2. The van der Waals surface area contributed by atoms with E-state index >= 15 is 0 Å². The topological polar surface area (TPSA) is 50.4 Å². The van der Waals surface area contributed by atoms with Crippen molar-refractivity contribution in [2.75, 3.05) is 32.0 Å². The highest BCUT2D eigenvalue weighted by atomic mass is 35.5.